The van der Waals surface area contributed by atoms with Gasteiger partial charge in [0.2, 0.25) is 0 Å². The molecule has 0 unspecified atom stereocenters. The monoisotopic (exact) mass is 277 g/mol. The summed E-state index contributed by atoms with van der Waals surface area (Å²) in [6.45, 7) is 8.00. The first-order valence-corrected chi connectivity index (χ1v) is 7.85. The van der Waals surface area contributed by atoms with Crippen LogP contribution in [0.4, 0.5) is 0 Å². The number of piperidine rings is 1. The van der Waals surface area contributed by atoms with E-state index >= 15 is 0 Å². The molecule has 0 radical (unpaired) electrons. The first-order valence-electron chi connectivity index (χ1n) is 7.85. The largest absolute Gasteiger partial charge is 0.396 e. The van der Waals surface area contributed by atoms with Gasteiger partial charge < -0.3 is 10.0 Å². The number of aliphatic hydroxyl groups excluding tert-OH is 1. The van der Waals surface area contributed by atoms with Crippen molar-refractivity contribution in [2.45, 2.75) is 51.4 Å². The first kappa shape index (κ1) is 15.4. The molecule has 1 aromatic rings. The van der Waals surface area contributed by atoms with Crippen LogP contribution < -0.4 is 0 Å². The number of unbranched alkanes of at least 4 members (excludes halogenated alkanes) is 1. The van der Waals surface area contributed by atoms with Crippen LogP contribution in [0.2, 0.25) is 0 Å². The summed E-state index contributed by atoms with van der Waals surface area (Å²) in [5, 5.41) is 8.82. The average molecular weight is 277 g/mol. The van der Waals surface area contributed by atoms with E-state index in [0.717, 1.165) is 38.3 Å². The fraction of sp³-hybridized carbons (Fsp3) is 0.750. The summed E-state index contributed by atoms with van der Waals surface area (Å²) in [6, 6.07) is 0. The zero-order valence-electron chi connectivity index (χ0n) is 12.8. The fourth-order valence-corrected chi connectivity index (χ4v) is 2.79. The van der Waals surface area contributed by atoms with Crippen molar-refractivity contribution < 1.29 is 5.11 Å². The normalized spacial score (nSPS) is 17.8. The van der Waals surface area contributed by atoms with Crippen molar-refractivity contribution in [3.8, 4) is 0 Å². The Morgan fingerprint density at radius 3 is 2.40 bits per heavy atom. The molecule has 0 aliphatic carbocycles. The Balaban J connectivity index is 1.81. The number of likely N-dealkylation sites (tertiary alicyclic amines) is 1. The summed E-state index contributed by atoms with van der Waals surface area (Å²) < 4.78 is 0. The lowest BCUT2D eigenvalue weighted by Crippen LogP contribution is -2.33. The third-order valence-electron chi connectivity index (χ3n) is 4.15. The number of hydrogen-bond acceptors (Lipinski definition) is 4. The Kier molecular flexibility index (Phi) is 5.92. The second-order valence-electron chi connectivity index (χ2n) is 6.08. The van der Waals surface area contributed by atoms with E-state index in [0.29, 0.717) is 18.4 Å². The summed E-state index contributed by atoms with van der Waals surface area (Å²) in [4.78, 5) is 11.5. The summed E-state index contributed by atoms with van der Waals surface area (Å²) in [5.41, 5.74) is 1.30. The summed E-state index contributed by atoms with van der Waals surface area (Å²) in [5.74, 6) is 1.96. The number of aromatic nitrogens is 2. The molecular formula is C16H27N3O. The van der Waals surface area contributed by atoms with E-state index in [2.05, 4.69) is 28.7 Å². The number of aliphatic hydroxyl groups is 1. The zero-order valence-corrected chi connectivity index (χ0v) is 12.8. The number of rotatable bonds is 6. The maximum Gasteiger partial charge on any atom is 0.130 e. The van der Waals surface area contributed by atoms with Crippen molar-refractivity contribution in [1.29, 1.82) is 0 Å². The minimum absolute atomic E-state index is 0.315. The lowest BCUT2D eigenvalue weighted by molar-refractivity contribution is 0.199. The predicted molar refractivity (Wildman–Crippen MR) is 80.9 cm³/mol. The second-order valence-corrected chi connectivity index (χ2v) is 6.08. The van der Waals surface area contributed by atoms with E-state index in [-0.39, 0.29) is 0 Å². The molecule has 0 aromatic carbocycles. The minimum Gasteiger partial charge on any atom is -0.396 e. The van der Waals surface area contributed by atoms with Gasteiger partial charge in [0.05, 0.1) is 0 Å². The highest BCUT2D eigenvalue weighted by Crippen LogP contribution is 2.27. The number of nitrogens with zero attached hydrogens (tertiary/aromatic N) is 3. The van der Waals surface area contributed by atoms with Crippen LogP contribution in [0.1, 0.15) is 62.8 Å². The van der Waals surface area contributed by atoms with Crippen molar-refractivity contribution >= 4 is 0 Å². The molecule has 1 aromatic heterocycles. The molecule has 112 valence electrons. The maximum absolute atomic E-state index is 8.82. The predicted octanol–water partition coefficient (Wildman–Crippen LogP) is 2.55. The molecule has 2 heterocycles. The van der Waals surface area contributed by atoms with Crippen LogP contribution in [0.5, 0.6) is 0 Å². The zero-order chi connectivity index (χ0) is 14.4. The van der Waals surface area contributed by atoms with Crippen LogP contribution in [0, 0.1) is 0 Å². The van der Waals surface area contributed by atoms with Crippen LogP contribution in [0.3, 0.4) is 0 Å². The van der Waals surface area contributed by atoms with Gasteiger partial charge >= 0.3 is 0 Å². The van der Waals surface area contributed by atoms with E-state index in [4.69, 9.17) is 5.11 Å². The van der Waals surface area contributed by atoms with Crippen LogP contribution in [0.25, 0.3) is 0 Å². The quantitative estimate of drug-likeness (QED) is 0.812. The van der Waals surface area contributed by atoms with Crippen LogP contribution in [-0.4, -0.2) is 46.2 Å². The van der Waals surface area contributed by atoms with Gasteiger partial charge in [0.25, 0.3) is 0 Å². The van der Waals surface area contributed by atoms with Gasteiger partial charge in [0.15, 0.2) is 0 Å². The van der Waals surface area contributed by atoms with Gasteiger partial charge in [-0.3, -0.25) is 0 Å². The smallest absolute Gasteiger partial charge is 0.130 e. The van der Waals surface area contributed by atoms with Crippen LogP contribution >= 0.6 is 0 Å². The van der Waals surface area contributed by atoms with Crippen molar-refractivity contribution in [1.82, 2.24) is 14.9 Å². The topological polar surface area (TPSA) is 49.2 Å². The molecule has 0 spiro atoms. The van der Waals surface area contributed by atoms with E-state index < -0.39 is 0 Å². The molecule has 0 bridgehead atoms. The number of hydrogen-bond donors (Lipinski definition) is 1. The summed E-state index contributed by atoms with van der Waals surface area (Å²) in [6.07, 6.45) is 8.47. The standard InChI is InChI=1S/C16H27N3O/c1-13(2)16-17-11-15(12-18-16)14-5-8-19(9-6-14)7-3-4-10-20/h11-14,20H,3-10H2,1-2H3. The third-order valence-corrected chi connectivity index (χ3v) is 4.15. The first-order chi connectivity index (χ1) is 9.70. The van der Waals surface area contributed by atoms with E-state index in [1.54, 1.807) is 0 Å². The maximum atomic E-state index is 8.82. The molecular weight excluding hydrogens is 250 g/mol. The van der Waals surface area contributed by atoms with Crippen molar-refractivity contribution in [2.24, 2.45) is 0 Å². The molecule has 0 atom stereocenters. The Morgan fingerprint density at radius 1 is 1.20 bits per heavy atom. The lowest BCUT2D eigenvalue weighted by atomic mass is 9.91. The Morgan fingerprint density at radius 2 is 1.85 bits per heavy atom. The Labute approximate surface area is 122 Å². The van der Waals surface area contributed by atoms with E-state index in [1.807, 2.05) is 12.4 Å². The molecule has 0 saturated carbocycles. The lowest BCUT2D eigenvalue weighted by Gasteiger charge is -2.31. The molecule has 1 N–H and O–H groups in total. The van der Waals surface area contributed by atoms with E-state index in [1.165, 1.54) is 18.4 Å². The molecule has 1 fully saturated rings. The van der Waals surface area contributed by atoms with Gasteiger partial charge in [-0.1, -0.05) is 13.8 Å². The van der Waals surface area contributed by atoms with Crippen LogP contribution in [-0.2, 0) is 0 Å². The molecule has 1 aliphatic heterocycles. The molecule has 0 amide bonds. The van der Waals surface area contributed by atoms with Crippen molar-refractivity contribution in [3.63, 3.8) is 0 Å². The SMILES string of the molecule is CC(C)c1ncc(C2CCN(CCCCO)CC2)cn1. The molecule has 20 heavy (non-hydrogen) atoms. The molecule has 4 heteroatoms. The van der Waals surface area contributed by atoms with Crippen molar-refractivity contribution in [2.75, 3.05) is 26.2 Å². The van der Waals surface area contributed by atoms with E-state index in [9.17, 15) is 0 Å². The Hall–Kier alpha value is -1.00. The second kappa shape index (κ2) is 7.70. The molecule has 1 saturated heterocycles. The van der Waals surface area contributed by atoms with Gasteiger partial charge in [-0.2, -0.15) is 0 Å². The highest BCUT2D eigenvalue weighted by Gasteiger charge is 2.20. The summed E-state index contributed by atoms with van der Waals surface area (Å²) in [7, 11) is 0. The van der Waals surface area contributed by atoms with Crippen LogP contribution in [0.15, 0.2) is 12.4 Å². The minimum atomic E-state index is 0.315. The van der Waals surface area contributed by atoms with Gasteiger partial charge in [0.1, 0.15) is 5.82 Å². The van der Waals surface area contributed by atoms with Gasteiger partial charge in [-0.25, -0.2) is 9.97 Å². The van der Waals surface area contributed by atoms with Crippen molar-refractivity contribution in [3.05, 3.63) is 23.8 Å². The fourth-order valence-electron chi connectivity index (χ4n) is 2.79. The highest BCUT2D eigenvalue weighted by atomic mass is 16.2. The van der Waals surface area contributed by atoms with Gasteiger partial charge in [0, 0.05) is 24.9 Å². The molecule has 4 nitrogen and oxygen atoms in total. The molecule has 2 rings (SSSR count). The average Bonchev–Trinajstić information content (AvgIpc) is 2.48. The molecule has 1 aliphatic rings. The third kappa shape index (κ3) is 4.25. The summed E-state index contributed by atoms with van der Waals surface area (Å²) >= 11 is 0. The highest BCUT2D eigenvalue weighted by molar-refractivity contribution is 5.13. The Bertz CT molecular complexity index is 383. The van der Waals surface area contributed by atoms with Gasteiger partial charge in [-0.15, -0.1) is 0 Å². The van der Waals surface area contributed by atoms with Gasteiger partial charge in [-0.05, 0) is 56.8 Å².